The molecule has 12 nitrogen and oxygen atoms in total. The summed E-state index contributed by atoms with van der Waals surface area (Å²) in [4.78, 5) is 0. The molecule has 3 aromatic heterocycles. The number of ether oxygens (including phenoxy) is 3. The minimum Gasteiger partial charge on any atom is -0.487 e. The number of benzene rings is 4. The maximum Gasteiger partial charge on any atom is 0.134 e. The Morgan fingerprint density at radius 3 is 0.961 bits per heavy atom. The van der Waals surface area contributed by atoms with Crippen molar-refractivity contribution in [3.8, 4) is 17.2 Å². The van der Waals surface area contributed by atoms with Gasteiger partial charge in [0, 0.05) is 28.9 Å². The van der Waals surface area contributed by atoms with Crippen LogP contribution < -0.4 is 14.2 Å². The average Bonchev–Trinajstić information content (AvgIpc) is 3.90. The lowest BCUT2D eigenvalue weighted by molar-refractivity contribution is 0.270. The topological polar surface area (TPSA) is 120 Å². The van der Waals surface area contributed by atoms with Gasteiger partial charge < -0.3 is 14.2 Å². The number of rotatable bonds is 15. The Hall–Kier alpha value is -4.11. The van der Waals surface area contributed by atoms with Gasteiger partial charge in [0.25, 0.3) is 0 Å². The molecule has 0 atom stereocenters. The fraction of sp³-hybridized carbons (Fsp3) is 0.167. The molecule has 7 rings (SSSR count). The first-order chi connectivity index (χ1) is 24.9. The van der Waals surface area contributed by atoms with Crippen LogP contribution in [0.2, 0.25) is 0 Å². The molecule has 51 heavy (non-hydrogen) atoms. The van der Waals surface area contributed by atoms with Crippen molar-refractivity contribution in [1.82, 2.24) is 45.0 Å². The second kappa shape index (κ2) is 16.9. The highest BCUT2D eigenvalue weighted by molar-refractivity contribution is 14.1. The Kier molecular flexibility index (Phi) is 11.7. The Bertz CT molecular complexity index is 1930. The fourth-order valence-electron chi connectivity index (χ4n) is 5.04. The summed E-state index contributed by atoms with van der Waals surface area (Å²) < 4.78 is 27.5. The maximum absolute atomic E-state index is 6.17. The third-order valence-electron chi connectivity index (χ3n) is 7.55. The van der Waals surface area contributed by atoms with Gasteiger partial charge in [-0.2, -0.15) is 0 Å². The lowest BCUT2D eigenvalue weighted by Gasteiger charge is -2.12. The zero-order valence-electron chi connectivity index (χ0n) is 27.0. The quantitative estimate of drug-likeness (QED) is 0.0987. The van der Waals surface area contributed by atoms with E-state index in [1.807, 2.05) is 36.8 Å². The summed E-state index contributed by atoms with van der Waals surface area (Å²) in [7, 11) is 0. The summed E-state index contributed by atoms with van der Waals surface area (Å²) in [5, 5.41) is 25.7. The minimum atomic E-state index is 0.218. The summed E-state index contributed by atoms with van der Waals surface area (Å²) in [6, 6.07) is 30.4. The first kappa shape index (κ1) is 35.3. The molecule has 0 bridgehead atoms. The molecule has 0 aliphatic carbocycles. The van der Waals surface area contributed by atoms with Gasteiger partial charge in [-0.3, -0.25) is 0 Å². The van der Waals surface area contributed by atoms with Crippen LogP contribution in [0.5, 0.6) is 17.2 Å². The molecule has 258 valence electrons. The largest absolute Gasteiger partial charge is 0.487 e. The molecule has 3 heterocycles. The number of hydrogen-bond donors (Lipinski definition) is 0. The molecular weight excluding hydrogens is 987 g/mol. The standard InChI is InChI=1S/C36H30I3N9O3/c37-28-7-1-25(2-8-28)16-46-19-31(40-43-46)22-49-34-13-35(50-23-32-20-47(44-41-32)17-26-3-9-29(38)10-4-26)15-36(14-34)51-24-33-21-48(45-42-33)18-27-5-11-30(39)12-6-27/h1-15,19-21H,16-18,22-24H2. The summed E-state index contributed by atoms with van der Waals surface area (Å²) >= 11 is 6.89. The van der Waals surface area contributed by atoms with Crippen LogP contribution in [0.25, 0.3) is 0 Å². The molecule has 7 aromatic rings. The van der Waals surface area contributed by atoms with Crippen molar-refractivity contribution in [2.24, 2.45) is 0 Å². The van der Waals surface area contributed by atoms with Gasteiger partial charge in [-0.05, 0) is 121 Å². The van der Waals surface area contributed by atoms with E-state index >= 15 is 0 Å². The number of nitrogens with zero attached hydrogens (tertiary/aromatic N) is 9. The summed E-state index contributed by atoms with van der Waals surface area (Å²) in [6.45, 7) is 2.52. The van der Waals surface area contributed by atoms with Gasteiger partial charge in [-0.15, -0.1) is 15.3 Å². The van der Waals surface area contributed by atoms with E-state index in [0.717, 1.165) is 16.7 Å². The second-order valence-electron chi connectivity index (χ2n) is 11.6. The molecular formula is C36H30I3N9O3. The van der Waals surface area contributed by atoms with E-state index in [-0.39, 0.29) is 19.8 Å². The molecule has 0 saturated heterocycles. The van der Waals surface area contributed by atoms with Crippen molar-refractivity contribution >= 4 is 67.8 Å². The first-order valence-corrected chi connectivity index (χ1v) is 19.1. The summed E-state index contributed by atoms with van der Waals surface area (Å²) in [5.74, 6) is 1.67. The van der Waals surface area contributed by atoms with Gasteiger partial charge in [0.2, 0.25) is 0 Å². The van der Waals surface area contributed by atoms with E-state index in [4.69, 9.17) is 14.2 Å². The van der Waals surface area contributed by atoms with Crippen LogP contribution >= 0.6 is 67.8 Å². The van der Waals surface area contributed by atoms with Crippen molar-refractivity contribution in [3.63, 3.8) is 0 Å². The minimum absolute atomic E-state index is 0.218. The highest BCUT2D eigenvalue weighted by Gasteiger charge is 2.11. The number of hydrogen-bond acceptors (Lipinski definition) is 9. The van der Waals surface area contributed by atoms with Crippen molar-refractivity contribution < 1.29 is 14.2 Å². The monoisotopic (exact) mass is 1020 g/mol. The van der Waals surface area contributed by atoms with E-state index in [9.17, 15) is 0 Å². The van der Waals surface area contributed by atoms with Gasteiger partial charge in [0.1, 0.15) is 54.2 Å². The molecule has 0 aliphatic heterocycles. The third-order valence-corrected chi connectivity index (χ3v) is 9.70. The highest BCUT2D eigenvalue weighted by atomic mass is 127. The van der Waals surface area contributed by atoms with Crippen molar-refractivity contribution in [1.29, 1.82) is 0 Å². The van der Waals surface area contributed by atoms with Gasteiger partial charge in [-0.1, -0.05) is 52.0 Å². The molecule has 15 heteroatoms. The Balaban J connectivity index is 1.01. The summed E-state index contributed by atoms with van der Waals surface area (Å²) in [6.07, 6.45) is 5.65. The Morgan fingerprint density at radius 2 is 0.686 bits per heavy atom. The molecule has 0 aliphatic rings. The van der Waals surface area contributed by atoms with Gasteiger partial charge in [0.05, 0.1) is 38.2 Å². The predicted molar refractivity (Wildman–Crippen MR) is 214 cm³/mol. The van der Waals surface area contributed by atoms with E-state index < -0.39 is 0 Å². The third kappa shape index (κ3) is 10.5. The summed E-state index contributed by atoms with van der Waals surface area (Å²) in [5.41, 5.74) is 5.52. The van der Waals surface area contributed by atoms with Crippen LogP contribution in [0, 0.1) is 10.7 Å². The van der Waals surface area contributed by atoms with E-state index in [1.165, 1.54) is 10.7 Å². The van der Waals surface area contributed by atoms with E-state index in [1.54, 1.807) is 14.0 Å². The molecule has 0 unspecified atom stereocenters. The normalized spacial score (nSPS) is 11.1. The number of halogens is 3. The molecule has 4 aromatic carbocycles. The van der Waals surface area contributed by atoms with Crippen molar-refractivity contribution in [2.75, 3.05) is 0 Å². The fourth-order valence-corrected chi connectivity index (χ4v) is 6.12. The van der Waals surface area contributed by atoms with Crippen LogP contribution in [0.1, 0.15) is 33.8 Å². The molecule has 0 N–H and O–H groups in total. The lowest BCUT2D eigenvalue weighted by atomic mass is 10.2. The van der Waals surface area contributed by atoms with Crippen LogP contribution in [0.15, 0.2) is 110 Å². The Labute approximate surface area is 334 Å². The maximum atomic E-state index is 6.17. The van der Waals surface area contributed by atoms with Crippen molar-refractivity contribution in [2.45, 2.75) is 39.5 Å². The highest BCUT2D eigenvalue weighted by Crippen LogP contribution is 2.29. The van der Waals surface area contributed by atoms with Crippen LogP contribution in [0.4, 0.5) is 0 Å². The zero-order valence-corrected chi connectivity index (χ0v) is 33.5. The Morgan fingerprint density at radius 1 is 0.412 bits per heavy atom. The zero-order chi connectivity index (χ0) is 35.0. The molecule has 0 radical (unpaired) electrons. The van der Waals surface area contributed by atoms with E-state index in [0.29, 0.717) is 54.0 Å². The van der Waals surface area contributed by atoms with Crippen LogP contribution in [0.3, 0.4) is 0 Å². The molecule has 0 amide bonds. The van der Waals surface area contributed by atoms with Gasteiger partial charge in [-0.25, -0.2) is 14.0 Å². The van der Waals surface area contributed by atoms with Gasteiger partial charge in [0.15, 0.2) is 0 Å². The van der Waals surface area contributed by atoms with Gasteiger partial charge >= 0.3 is 0 Å². The van der Waals surface area contributed by atoms with Crippen LogP contribution in [-0.4, -0.2) is 45.0 Å². The second-order valence-corrected chi connectivity index (χ2v) is 15.3. The number of aromatic nitrogens is 9. The smallest absolute Gasteiger partial charge is 0.134 e. The van der Waals surface area contributed by atoms with Crippen LogP contribution in [-0.2, 0) is 39.5 Å². The van der Waals surface area contributed by atoms with Crippen molar-refractivity contribution in [3.05, 3.63) is 154 Å². The molecule has 0 saturated carbocycles. The first-order valence-electron chi connectivity index (χ1n) is 15.8. The van der Waals surface area contributed by atoms with E-state index in [2.05, 4.69) is 172 Å². The molecule has 0 spiro atoms. The lowest BCUT2D eigenvalue weighted by Crippen LogP contribution is -2.02. The molecule has 0 fully saturated rings. The predicted octanol–water partition coefficient (Wildman–Crippen LogP) is 7.16. The average molecular weight is 1020 g/mol. The SMILES string of the molecule is Ic1ccc(Cn2cc(COc3cc(OCc4cn(Cc5ccc(I)cc5)nn4)cc(OCc4cn(Cc5ccc(I)cc5)nn4)c3)nn2)cc1.